The zero-order valence-electron chi connectivity index (χ0n) is 17.4. The molecule has 8 nitrogen and oxygen atoms in total. The average Bonchev–Trinajstić information content (AvgIpc) is 3.13. The van der Waals surface area contributed by atoms with Crippen molar-refractivity contribution in [2.75, 3.05) is 32.5 Å². The molecule has 0 radical (unpaired) electrons. The number of carbonyl (C=O) groups is 1. The zero-order valence-corrected chi connectivity index (χ0v) is 18.2. The third kappa shape index (κ3) is 6.30. The topological polar surface area (TPSA) is 116 Å². The summed E-state index contributed by atoms with van der Waals surface area (Å²) in [6, 6.07) is 3.36. The second kappa shape index (κ2) is 10.0. The number of hydrogen-bond acceptors (Lipinski definition) is 7. The van der Waals surface area contributed by atoms with Crippen LogP contribution >= 0.6 is 11.3 Å². The van der Waals surface area contributed by atoms with Crippen molar-refractivity contribution >= 4 is 33.9 Å². The number of nitrogens with one attached hydrogen (secondary N) is 2. The van der Waals surface area contributed by atoms with Crippen LogP contribution in [0.4, 0.5) is 10.8 Å². The predicted molar refractivity (Wildman–Crippen MR) is 119 cm³/mol. The SMILES string of the molecule is CC(=C/NCCN(C)C)/C(N)=N\c1ncc(C(=O)Nc2c(C)ccc(O)c2C)s1. The van der Waals surface area contributed by atoms with E-state index in [1.807, 2.05) is 34.1 Å². The van der Waals surface area contributed by atoms with Gasteiger partial charge in [0, 0.05) is 30.4 Å². The van der Waals surface area contributed by atoms with E-state index in [0.717, 1.165) is 35.6 Å². The molecule has 5 N–H and O–H groups in total. The Bertz CT molecular complexity index is 933. The molecule has 0 spiro atoms. The molecule has 0 saturated heterocycles. The summed E-state index contributed by atoms with van der Waals surface area (Å²) in [6.45, 7) is 7.18. The summed E-state index contributed by atoms with van der Waals surface area (Å²) in [5, 5.41) is 16.3. The Kier molecular flexibility index (Phi) is 7.74. The minimum absolute atomic E-state index is 0.134. The molecule has 1 aromatic carbocycles. The molecule has 0 aliphatic carbocycles. The lowest BCUT2D eigenvalue weighted by Crippen LogP contribution is -2.24. The van der Waals surface area contributed by atoms with Crippen LogP contribution in [0.1, 0.15) is 27.7 Å². The number of aryl methyl sites for hydroxylation is 1. The number of amides is 1. The molecular formula is C20H28N6O2S. The van der Waals surface area contributed by atoms with Crippen LogP contribution in [0.2, 0.25) is 0 Å². The van der Waals surface area contributed by atoms with E-state index in [0.29, 0.717) is 27.1 Å². The van der Waals surface area contributed by atoms with Gasteiger partial charge in [0.25, 0.3) is 5.91 Å². The van der Waals surface area contributed by atoms with Crippen molar-refractivity contribution in [2.45, 2.75) is 20.8 Å². The number of phenolic OH excluding ortho intramolecular Hbond substituents is 1. The number of phenols is 1. The smallest absolute Gasteiger partial charge is 0.267 e. The number of aromatic hydroxyl groups is 1. The van der Waals surface area contributed by atoms with E-state index in [1.165, 1.54) is 6.20 Å². The minimum atomic E-state index is -0.308. The van der Waals surface area contributed by atoms with Crippen molar-refractivity contribution in [1.82, 2.24) is 15.2 Å². The quantitative estimate of drug-likeness (QED) is 0.299. The summed E-state index contributed by atoms with van der Waals surface area (Å²) in [6.07, 6.45) is 3.28. The van der Waals surface area contributed by atoms with Gasteiger partial charge in [-0.3, -0.25) is 4.79 Å². The monoisotopic (exact) mass is 416 g/mol. The highest BCUT2D eigenvalue weighted by Crippen LogP contribution is 2.29. The molecule has 2 rings (SSSR count). The van der Waals surface area contributed by atoms with Gasteiger partial charge < -0.3 is 26.4 Å². The van der Waals surface area contributed by atoms with E-state index >= 15 is 0 Å². The molecule has 156 valence electrons. The van der Waals surface area contributed by atoms with Gasteiger partial charge in [-0.25, -0.2) is 9.98 Å². The Balaban J connectivity index is 2.06. The summed E-state index contributed by atoms with van der Waals surface area (Å²) in [5.74, 6) is 0.162. The molecule has 0 bridgehead atoms. The second-order valence-corrected chi connectivity index (χ2v) is 7.95. The summed E-state index contributed by atoms with van der Waals surface area (Å²) >= 11 is 1.15. The average molecular weight is 417 g/mol. The van der Waals surface area contributed by atoms with Gasteiger partial charge in [-0.2, -0.15) is 0 Å². The third-order valence-corrected chi connectivity index (χ3v) is 5.13. The Morgan fingerprint density at radius 3 is 2.79 bits per heavy atom. The number of anilines is 1. The summed E-state index contributed by atoms with van der Waals surface area (Å²) < 4.78 is 0. The highest BCUT2D eigenvalue weighted by molar-refractivity contribution is 7.17. The number of nitrogens with zero attached hydrogens (tertiary/aromatic N) is 3. The Hall–Kier alpha value is -2.91. The molecule has 0 aliphatic heterocycles. The first-order valence-electron chi connectivity index (χ1n) is 9.14. The number of rotatable bonds is 8. The number of thiazole rings is 1. The number of benzene rings is 1. The molecule has 0 unspecified atom stereocenters. The molecule has 2 aromatic rings. The Labute approximate surface area is 175 Å². The van der Waals surface area contributed by atoms with Crippen LogP contribution in [0.3, 0.4) is 0 Å². The van der Waals surface area contributed by atoms with E-state index in [2.05, 4.69) is 25.5 Å². The fourth-order valence-electron chi connectivity index (χ4n) is 2.40. The number of hydrogen-bond donors (Lipinski definition) is 4. The van der Waals surface area contributed by atoms with Crippen LogP contribution in [-0.4, -0.2) is 53.9 Å². The number of likely N-dealkylation sites (N-methyl/N-ethyl adjacent to an activating group) is 1. The van der Waals surface area contributed by atoms with Gasteiger partial charge in [-0.1, -0.05) is 17.4 Å². The fourth-order valence-corrected chi connectivity index (χ4v) is 3.10. The zero-order chi connectivity index (χ0) is 21.6. The largest absolute Gasteiger partial charge is 0.508 e. The van der Waals surface area contributed by atoms with Gasteiger partial charge in [0.2, 0.25) is 5.13 Å². The summed E-state index contributed by atoms with van der Waals surface area (Å²) in [4.78, 5) is 23.5. The van der Waals surface area contributed by atoms with Gasteiger partial charge in [0.15, 0.2) is 0 Å². The van der Waals surface area contributed by atoms with Gasteiger partial charge in [0.05, 0.1) is 11.9 Å². The Morgan fingerprint density at radius 2 is 2.10 bits per heavy atom. The molecule has 1 amide bonds. The van der Waals surface area contributed by atoms with Crippen LogP contribution in [0.5, 0.6) is 5.75 Å². The lowest BCUT2D eigenvalue weighted by molar-refractivity contribution is 0.103. The molecule has 0 saturated carbocycles. The molecule has 0 atom stereocenters. The normalized spacial score (nSPS) is 12.3. The van der Waals surface area contributed by atoms with Crippen LogP contribution in [0, 0.1) is 13.8 Å². The lowest BCUT2D eigenvalue weighted by atomic mass is 10.1. The molecule has 9 heteroatoms. The molecule has 29 heavy (non-hydrogen) atoms. The van der Waals surface area contributed by atoms with E-state index in [4.69, 9.17) is 5.73 Å². The number of nitrogens with two attached hydrogens (primary N) is 1. The van der Waals surface area contributed by atoms with E-state index < -0.39 is 0 Å². The van der Waals surface area contributed by atoms with Crippen LogP contribution in [0.25, 0.3) is 0 Å². The summed E-state index contributed by atoms with van der Waals surface area (Å²) in [5.41, 5.74) is 8.89. The highest BCUT2D eigenvalue weighted by atomic mass is 32.1. The predicted octanol–water partition coefficient (Wildman–Crippen LogP) is 2.76. The standard InChI is InChI=1S/C20H28N6O2S/c1-12-6-7-15(27)14(3)17(12)24-19(28)16-11-23-20(29-16)25-18(21)13(2)10-22-8-9-26(4)5/h6-7,10-11,22,27H,8-9H2,1-5H3,(H,24,28)(H2,21,23,25)/b13-10-. The van der Waals surface area contributed by atoms with E-state index in [-0.39, 0.29) is 11.7 Å². The lowest BCUT2D eigenvalue weighted by Gasteiger charge is -2.11. The van der Waals surface area contributed by atoms with Crippen LogP contribution < -0.4 is 16.4 Å². The van der Waals surface area contributed by atoms with Gasteiger partial charge in [0.1, 0.15) is 16.5 Å². The van der Waals surface area contributed by atoms with Gasteiger partial charge in [-0.05, 0) is 46.5 Å². The highest BCUT2D eigenvalue weighted by Gasteiger charge is 2.15. The van der Waals surface area contributed by atoms with Crippen molar-refractivity contribution in [3.8, 4) is 5.75 Å². The molecular weight excluding hydrogens is 388 g/mol. The maximum absolute atomic E-state index is 12.6. The van der Waals surface area contributed by atoms with Gasteiger partial charge in [-0.15, -0.1) is 0 Å². The van der Waals surface area contributed by atoms with Crippen molar-refractivity contribution in [3.05, 3.63) is 46.1 Å². The molecule has 0 fully saturated rings. The van der Waals surface area contributed by atoms with Crippen molar-refractivity contribution in [2.24, 2.45) is 10.7 Å². The second-order valence-electron chi connectivity index (χ2n) is 6.94. The van der Waals surface area contributed by atoms with Crippen molar-refractivity contribution in [1.29, 1.82) is 0 Å². The van der Waals surface area contributed by atoms with E-state index in [1.54, 1.807) is 19.1 Å². The molecule has 1 heterocycles. The number of carbonyl (C=O) groups excluding carboxylic acids is 1. The van der Waals surface area contributed by atoms with Crippen LogP contribution in [0.15, 0.2) is 35.1 Å². The maximum atomic E-state index is 12.6. The summed E-state index contributed by atoms with van der Waals surface area (Å²) in [7, 11) is 4.01. The first-order valence-corrected chi connectivity index (χ1v) is 9.96. The number of aromatic nitrogens is 1. The number of aliphatic imine (C=N–C) groups is 1. The minimum Gasteiger partial charge on any atom is -0.508 e. The maximum Gasteiger partial charge on any atom is 0.267 e. The fraction of sp³-hybridized carbons (Fsp3) is 0.350. The first kappa shape index (κ1) is 22.4. The Morgan fingerprint density at radius 1 is 1.38 bits per heavy atom. The first-order chi connectivity index (χ1) is 13.7. The number of amidine groups is 1. The van der Waals surface area contributed by atoms with Crippen LogP contribution in [-0.2, 0) is 0 Å². The molecule has 0 aliphatic rings. The third-order valence-electron chi connectivity index (χ3n) is 4.24. The molecule has 1 aromatic heterocycles. The van der Waals surface area contributed by atoms with Crippen molar-refractivity contribution < 1.29 is 9.90 Å². The van der Waals surface area contributed by atoms with Crippen molar-refractivity contribution in [3.63, 3.8) is 0 Å². The van der Waals surface area contributed by atoms with Gasteiger partial charge >= 0.3 is 0 Å². The van der Waals surface area contributed by atoms with E-state index in [9.17, 15) is 9.90 Å².